The Labute approximate surface area is 65.8 Å². The van der Waals surface area contributed by atoms with Crippen molar-refractivity contribution >= 4 is 7.85 Å². The first-order chi connectivity index (χ1) is 5.27. The van der Waals surface area contributed by atoms with Gasteiger partial charge in [0.25, 0.3) is 0 Å². The predicted octanol–water partition coefficient (Wildman–Crippen LogP) is 0.898. The molecule has 0 bridgehead atoms. The predicted molar refractivity (Wildman–Crippen MR) is 40.2 cm³/mol. The van der Waals surface area contributed by atoms with E-state index in [0.29, 0.717) is 11.4 Å². The molecule has 0 fully saturated rings. The summed E-state index contributed by atoms with van der Waals surface area (Å²) in [6.45, 7) is 0. The van der Waals surface area contributed by atoms with Crippen molar-refractivity contribution in [2.24, 2.45) is 0 Å². The minimum Gasteiger partial charge on any atom is -0.481 e. The summed E-state index contributed by atoms with van der Waals surface area (Å²) in [5.74, 6) is -0.0137. The number of hydrogen-bond donors (Lipinski definition) is 0. The van der Waals surface area contributed by atoms with Crippen molar-refractivity contribution in [3.8, 4) is 5.88 Å². The summed E-state index contributed by atoms with van der Waals surface area (Å²) in [7, 11) is 6.78. The van der Waals surface area contributed by atoms with Gasteiger partial charge in [-0.05, 0) is 6.07 Å². The van der Waals surface area contributed by atoms with Crippen LogP contribution in [0, 0.1) is 5.82 Å². The van der Waals surface area contributed by atoms with E-state index in [1.165, 1.54) is 13.2 Å². The van der Waals surface area contributed by atoms with Gasteiger partial charge in [-0.1, -0.05) is 6.32 Å². The van der Waals surface area contributed by atoms with E-state index in [-0.39, 0.29) is 6.32 Å². The van der Waals surface area contributed by atoms with Crippen LogP contribution < -0.4 is 4.74 Å². The van der Waals surface area contributed by atoms with Crippen molar-refractivity contribution < 1.29 is 9.13 Å². The first-order valence-corrected chi connectivity index (χ1v) is 3.16. The molecule has 0 aliphatic heterocycles. The number of halogens is 1. The van der Waals surface area contributed by atoms with E-state index >= 15 is 0 Å². The molecule has 2 radical (unpaired) electrons. The van der Waals surface area contributed by atoms with E-state index in [9.17, 15) is 4.39 Å². The number of rotatable bonds is 2. The average Bonchev–Trinajstić information content (AvgIpc) is 2.04. The van der Waals surface area contributed by atoms with Crippen LogP contribution in [0.3, 0.4) is 0 Å². The van der Waals surface area contributed by atoms with Crippen molar-refractivity contribution in [3.05, 3.63) is 23.6 Å². The first-order valence-electron chi connectivity index (χ1n) is 3.16. The van der Waals surface area contributed by atoms with Gasteiger partial charge in [0.1, 0.15) is 5.82 Å². The van der Waals surface area contributed by atoms with Gasteiger partial charge < -0.3 is 4.74 Å². The van der Waals surface area contributed by atoms with Crippen LogP contribution in [0.15, 0.2) is 12.3 Å². The molecule has 0 unspecified atom stereocenters. The Balaban J connectivity index is 3.06. The fourth-order valence-corrected chi connectivity index (χ4v) is 0.799. The molecule has 1 rings (SSSR count). The van der Waals surface area contributed by atoms with Gasteiger partial charge in [0.2, 0.25) is 5.88 Å². The lowest BCUT2D eigenvalue weighted by atomic mass is 9.98. The van der Waals surface area contributed by atoms with Crippen LogP contribution >= 0.6 is 0 Å². The Morgan fingerprint density at radius 3 is 3.00 bits per heavy atom. The molecule has 1 aromatic rings. The lowest BCUT2D eigenvalue weighted by Gasteiger charge is -2.03. The Hall–Kier alpha value is -1.06. The van der Waals surface area contributed by atoms with Crippen molar-refractivity contribution in [2.75, 3.05) is 7.11 Å². The highest BCUT2D eigenvalue weighted by Crippen LogP contribution is 2.14. The van der Waals surface area contributed by atoms with E-state index in [0.717, 1.165) is 6.20 Å². The second kappa shape index (κ2) is 3.37. The van der Waals surface area contributed by atoms with E-state index < -0.39 is 5.82 Å². The van der Waals surface area contributed by atoms with Crippen molar-refractivity contribution in [3.63, 3.8) is 0 Å². The molecular formula is C7H7BFNO. The topological polar surface area (TPSA) is 22.1 Å². The molecule has 0 saturated carbocycles. The number of ether oxygens (including phenoxy) is 1. The van der Waals surface area contributed by atoms with Crippen LogP contribution in [0.1, 0.15) is 5.56 Å². The van der Waals surface area contributed by atoms with Crippen LogP contribution in [0.2, 0.25) is 0 Å². The molecule has 0 N–H and O–H groups in total. The molecule has 0 aliphatic carbocycles. The van der Waals surface area contributed by atoms with Crippen LogP contribution in [0.4, 0.5) is 4.39 Å². The lowest BCUT2D eigenvalue weighted by Crippen LogP contribution is -1.96. The Morgan fingerprint density at radius 2 is 2.45 bits per heavy atom. The van der Waals surface area contributed by atoms with Crippen molar-refractivity contribution in [1.29, 1.82) is 0 Å². The largest absolute Gasteiger partial charge is 0.481 e. The highest BCUT2D eigenvalue weighted by atomic mass is 19.1. The molecule has 0 aliphatic rings. The average molecular weight is 151 g/mol. The molecular weight excluding hydrogens is 144 g/mol. The SMILES string of the molecule is [B]Cc1cc(F)cnc1OC. The summed E-state index contributed by atoms with van der Waals surface area (Å²) in [4.78, 5) is 3.69. The zero-order valence-corrected chi connectivity index (χ0v) is 6.17. The minimum absolute atomic E-state index is 0.230. The standard InChI is InChI=1S/C7H7BFNO/c1-11-7-5(3-8)2-6(9)4-10-7/h2,4H,3H2,1H3. The maximum Gasteiger partial charge on any atom is 0.215 e. The smallest absolute Gasteiger partial charge is 0.215 e. The van der Waals surface area contributed by atoms with Gasteiger partial charge in [0.05, 0.1) is 21.2 Å². The van der Waals surface area contributed by atoms with Gasteiger partial charge in [0, 0.05) is 5.56 Å². The minimum atomic E-state index is -0.397. The van der Waals surface area contributed by atoms with E-state index in [1.54, 1.807) is 0 Å². The summed E-state index contributed by atoms with van der Waals surface area (Å²) in [5, 5.41) is 0. The summed E-state index contributed by atoms with van der Waals surface area (Å²) in [6.07, 6.45) is 1.33. The van der Waals surface area contributed by atoms with Gasteiger partial charge in [-0.2, -0.15) is 0 Å². The molecule has 11 heavy (non-hydrogen) atoms. The van der Waals surface area contributed by atoms with Gasteiger partial charge in [-0.25, -0.2) is 9.37 Å². The fourth-order valence-electron chi connectivity index (χ4n) is 0.799. The van der Waals surface area contributed by atoms with E-state index in [4.69, 9.17) is 12.6 Å². The Bertz CT molecular complexity index is 254. The third kappa shape index (κ3) is 1.70. The molecule has 0 atom stereocenters. The number of aromatic nitrogens is 1. The third-order valence-corrected chi connectivity index (χ3v) is 1.31. The summed E-state index contributed by atoms with van der Waals surface area (Å²) < 4.78 is 17.3. The van der Waals surface area contributed by atoms with Crippen LogP contribution in [0.5, 0.6) is 5.88 Å². The van der Waals surface area contributed by atoms with Gasteiger partial charge >= 0.3 is 0 Å². The second-order valence-electron chi connectivity index (χ2n) is 2.03. The summed E-state index contributed by atoms with van der Waals surface area (Å²) in [5.41, 5.74) is 0.576. The molecule has 0 spiro atoms. The highest BCUT2D eigenvalue weighted by molar-refractivity contribution is 6.08. The zero-order chi connectivity index (χ0) is 8.27. The quantitative estimate of drug-likeness (QED) is 0.585. The number of pyridine rings is 1. The van der Waals surface area contributed by atoms with E-state index in [2.05, 4.69) is 4.98 Å². The van der Waals surface area contributed by atoms with Crippen LogP contribution in [0.25, 0.3) is 0 Å². The molecule has 0 saturated heterocycles. The molecule has 0 amide bonds. The molecule has 56 valence electrons. The van der Waals surface area contributed by atoms with Gasteiger partial charge in [0.15, 0.2) is 0 Å². The summed E-state index contributed by atoms with van der Waals surface area (Å²) in [6, 6.07) is 1.31. The third-order valence-electron chi connectivity index (χ3n) is 1.31. The number of nitrogens with zero attached hydrogens (tertiary/aromatic N) is 1. The maximum absolute atomic E-state index is 12.5. The number of methoxy groups -OCH3 is 1. The van der Waals surface area contributed by atoms with E-state index in [1.807, 2.05) is 0 Å². The molecule has 4 heteroatoms. The molecule has 1 aromatic heterocycles. The lowest BCUT2D eigenvalue weighted by molar-refractivity contribution is 0.392. The number of hydrogen-bond acceptors (Lipinski definition) is 2. The molecule has 0 aromatic carbocycles. The monoisotopic (exact) mass is 151 g/mol. The van der Waals surface area contributed by atoms with Gasteiger partial charge in [-0.15, -0.1) is 0 Å². The normalized spacial score (nSPS) is 9.64. The van der Waals surface area contributed by atoms with Crippen LogP contribution in [-0.4, -0.2) is 19.9 Å². The molecule has 2 nitrogen and oxygen atoms in total. The zero-order valence-electron chi connectivity index (χ0n) is 6.17. The fraction of sp³-hybridized carbons (Fsp3) is 0.286. The maximum atomic E-state index is 12.5. The Morgan fingerprint density at radius 1 is 1.73 bits per heavy atom. The first kappa shape index (κ1) is 8.05. The van der Waals surface area contributed by atoms with Crippen molar-refractivity contribution in [1.82, 2.24) is 4.98 Å². The van der Waals surface area contributed by atoms with Gasteiger partial charge in [-0.3, -0.25) is 0 Å². The summed E-state index contributed by atoms with van der Waals surface area (Å²) >= 11 is 0. The second-order valence-corrected chi connectivity index (χ2v) is 2.03. The van der Waals surface area contributed by atoms with Crippen molar-refractivity contribution in [2.45, 2.75) is 6.32 Å². The molecule has 1 heterocycles. The highest BCUT2D eigenvalue weighted by Gasteiger charge is 2.02. The Kier molecular flexibility index (Phi) is 2.46. The van der Waals surface area contributed by atoms with Crippen LogP contribution in [-0.2, 0) is 6.32 Å².